The number of hydrogen-bond donors (Lipinski definition) is 1. The fourth-order valence-electron chi connectivity index (χ4n) is 2.04. The van der Waals surface area contributed by atoms with Crippen molar-refractivity contribution in [3.8, 4) is 0 Å². The largest absolute Gasteiger partial charge is 0.467 e. The summed E-state index contributed by atoms with van der Waals surface area (Å²) in [7, 11) is 2.92. The molecule has 0 aliphatic rings. The molecule has 21 heavy (non-hydrogen) atoms. The number of rotatable bonds is 7. The number of ether oxygens (including phenoxy) is 2. The Bertz CT molecular complexity index is 485. The first-order valence-electron chi connectivity index (χ1n) is 6.94. The van der Waals surface area contributed by atoms with Crippen LogP contribution in [-0.4, -0.2) is 32.1 Å². The quantitative estimate of drug-likeness (QED) is 0.782. The van der Waals surface area contributed by atoms with Crippen LogP contribution in [0.1, 0.15) is 36.2 Å². The minimum Gasteiger partial charge on any atom is -0.467 e. The molecule has 0 radical (unpaired) electrons. The number of methoxy groups -OCH3 is 2. The van der Waals surface area contributed by atoms with Crippen molar-refractivity contribution < 1.29 is 19.1 Å². The van der Waals surface area contributed by atoms with E-state index in [1.54, 1.807) is 25.3 Å². The van der Waals surface area contributed by atoms with Crippen molar-refractivity contribution in [3.63, 3.8) is 0 Å². The lowest BCUT2D eigenvalue weighted by Gasteiger charge is -2.18. The van der Waals surface area contributed by atoms with Crippen LogP contribution in [0, 0.1) is 5.92 Å². The standard InChI is InChI=1S/C16H23NO4/c1-11(2)8-14(16(19)21-4)17-15(18)13-7-5-6-12(9-13)10-20-3/h5-7,9,11,14H,8,10H2,1-4H3,(H,17,18). The summed E-state index contributed by atoms with van der Waals surface area (Å²) < 4.78 is 9.78. The van der Waals surface area contributed by atoms with E-state index in [0.29, 0.717) is 18.6 Å². The fraction of sp³-hybridized carbons (Fsp3) is 0.500. The molecule has 1 atom stereocenters. The molecule has 0 spiro atoms. The van der Waals surface area contributed by atoms with Gasteiger partial charge in [-0.1, -0.05) is 26.0 Å². The molecule has 0 heterocycles. The lowest BCUT2D eigenvalue weighted by Crippen LogP contribution is -2.42. The molecule has 0 bridgehead atoms. The Labute approximate surface area is 125 Å². The average Bonchev–Trinajstić information content (AvgIpc) is 2.45. The second kappa shape index (κ2) is 8.42. The molecular formula is C16H23NO4. The first-order valence-corrected chi connectivity index (χ1v) is 6.94. The van der Waals surface area contributed by atoms with E-state index in [-0.39, 0.29) is 11.8 Å². The summed E-state index contributed by atoms with van der Waals surface area (Å²) in [6, 6.07) is 6.50. The molecule has 1 unspecified atom stereocenters. The highest BCUT2D eigenvalue weighted by Gasteiger charge is 2.23. The SMILES string of the molecule is COCc1cccc(C(=O)NC(CC(C)C)C(=O)OC)c1. The van der Waals surface area contributed by atoms with Crippen LogP contribution >= 0.6 is 0 Å². The summed E-state index contributed by atoms with van der Waals surface area (Å²) >= 11 is 0. The van der Waals surface area contributed by atoms with Crippen molar-refractivity contribution in [2.75, 3.05) is 14.2 Å². The average molecular weight is 293 g/mol. The molecule has 1 amide bonds. The summed E-state index contributed by atoms with van der Waals surface area (Å²) in [6.45, 7) is 4.41. The Morgan fingerprint density at radius 1 is 1.24 bits per heavy atom. The van der Waals surface area contributed by atoms with Gasteiger partial charge >= 0.3 is 5.97 Å². The van der Waals surface area contributed by atoms with Gasteiger partial charge in [0, 0.05) is 12.7 Å². The van der Waals surface area contributed by atoms with Gasteiger partial charge in [0.2, 0.25) is 0 Å². The topological polar surface area (TPSA) is 64.6 Å². The zero-order valence-corrected chi connectivity index (χ0v) is 13.0. The van der Waals surface area contributed by atoms with Gasteiger partial charge in [-0.25, -0.2) is 4.79 Å². The zero-order chi connectivity index (χ0) is 15.8. The van der Waals surface area contributed by atoms with E-state index in [1.165, 1.54) is 7.11 Å². The first-order chi connectivity index (χ1) is 9.97. The van der Waals surface area contributed by atoms with Crippen molar-refractivity contribution in [2.24, 2.45) is 5.92 Å². The van der Waals surface area contributed by atoms with Crippen LogP contribution in [0.5, 0.6) is 0 Å². The van der Waals surface area contributed by atoms with Crippen LogP contribution in [0.15, 0.2) is 24.3 Å². The van der Waals surface area contributed by atoms with E-state index in [4.69, 9.17) is 9.47 Å². The highest BCUT2D eigenvalue weighted by atomic mass is 16.5. The van der Waals surface area contributed by atoms with E-state index >= 15 is 0 Å². The van der Waals surface area contributed by atoms with Crippen molar-refractivity contribution in [3.05, 3.63) is 35.4 Å². The van der Waals surface area contributed by atoms with Crippen LogP contribution in [0.4, 0.5) is 0 Å². The van der Waals surface area contributed by atoms with Gasteiger partial charge < -0.3 is 14.8 Å². The minimum absolute atomic E-state index is 0.272. The monoisotopic (exact) mass is 293 g/mol. The van der Waals surface area contributed by atoms with Crippen molar-refractivity contribution >= 4 is 11.9 Å². The number of benzene rings is 1. The number of hydrogen-bond acceptors (Lipinski definition) is 4. The smallest absolute Gasteiger partial charge is 0.328 e. The maximum atomic E-state index is 12.3. The molecule has 0 fully saturated rings. The lowest BCUT2D eigenvalue weighted by atomic mass is 10.0. The van der Waals surface area contributed by atoms with Crippen molar-refractivity contribution in [1.82, 2.24) is 5.32 Å². The predicted octanol–water partition coefficient (Wildman–Crippen LogP) is 2.15. The molecule has 116 valence electrons. The molecule has 0 saturated carbocycles. The maximum absolute atomic E-state index is 12.3. The summed E-state index contributed by atoms with van der Waals surface area (Å²) in [6.07, 6.45) is 0.538. The highest BCUT2D eigenvalue weighted by Crippen LogP contribution is 2.10. The summed E-state index contributed by atoms with van der Waals surface area (Å²) in [4.78, 5) is 24.0. The molecule has 1 rings (SSSR count). The molecule has 1 N–H and O–H groups in total. The van der Waals surface area contributed by atoms with Gasteiger partial charge in [0.25, 0.3) is 5.91 Å². The van der Waals surface area contributed by atoms with Gasteiger partial charge in [0.1, 0.15) is 6.04 Å². The Morgan fingerprint density at radius 3 is 2.52 bits per heavy atom. The van der Waals surface area contributed by atoms with Gasteiger partial charge in [0.15, 0.2) is 0 Å². The molecule has 0 saturated heterocycles. The normalized spacial score (nSPS) is 12.0. The predicted molar refractivity (Wildman–Crippen MR) is 79.9 cm³/mol. The molecular weight excluding hydrogens is 270 g/mol. The highest BCUT2D eigenvalue weighted by molar-refractivity contribution is 5.96. The van der Waals surface area contributed by atoms with Gasteiger partial charge in [-0.2, -0.15) is 0 Å². The van der Waals surface area contributed by atoms with Gasteiger partial charge in [-0.15, -0.1) is 0 Å². The first kappa shape index (κ1) is 17.2. The molecule has 5 heteroatoms. The van der Waals surface area contributed by atoms with Crippen LogP contribution < -0.4 is 5.32 Å². The molecule has 1 aromatic carbocycles. The fourth-order valence-corrected chi connectivity index (χ4v) is 2.04. The van der Waals surface area contributed by atoms with Crippen LogP contribution in [0.25, 0.3) is 0 Å². The van der Waals surface area contributed by atoms with E-state index in [1.807, 2.05) is 19.9 Å². The van der Waals surface area contributed by atoms with Crippen LogP contribution in [0.3, 0.4) is 0 Å². The van der Waals surface area contributed by atoms with Gasteiger partial charge in [-0.3, -0.25) is 4.79 Å². The molecule has 0 aliphatic heterocycles. The van der Waals surface area contributed by atoms with E-state index in [2.05, 4.69) is 5.32 Å². The zero-order valence-electron chi connectivity index (χ0n) is 13.0. The Hall–Kier alpha value is -1.88. The van der Waals surface area contributed by atoms with E-state index < -0.39 is 12.0 Å². The third kappa shape index (κ3) is 5.55. The summed E-state index contributed by atoms with van der Waals surface area (Å²) in [5.74, 6) is -0.441. The summed E-state index contributed by atoms with van der Waals surface area (Å²) in [5, 5.41) is 2.73. The van der Waals surface area contributed by atoms with Crippen molar-refractivity contribution in [2.45, 2.75) is 32.9 Å². The molecule has 0 aliphatic carbocycles. The van der Waals surface area contributed by atoms with E-state index in [9.17, 15) is 9.59 Å². The maximum Gasteiger partial charge on any atom is 0.328 e. The second-order valence-corrected chi connectivity index (χ2v) is 5.31. The number of carbonyl (C=O) groups excluding carboxylic acids is 2. The van der Waals surface area contributed by atoms with Crippen LogP contribution in [-0.2, 0) is 20.9 Å². The van der Waals surface area contributed by atoms with Crippen LogP contribution in [0.2, 0.25) is 0 Å². The molecule has 0 aromatic heterocycles. The minimum atomic E-state index is -0.631. The lowest BCUT2D eigenvalue weighted by molar-refractivity contribution is -0.143. The summed E-state index contributed by atoms with van der Waals surface area (Å²) in [5.41, 5.74) is 1.41. The number of nitrogens with one attached hydrogen (secondary N) is 1. The Balaban J connectivity index is 2.81. The van der Waals surface area contributed by atoms with Crippen molar-refractivity contribution in [1.29, 1.82) is 0 Å². The molecule has 1 aromatic rings. The third-order valence-electron chi connectivity index (χ3n) is 3.00. The number of esters is 1. The number of carbonyl (C=O) groups is 2. The Morgan fingerprint density at radius 2 is 1.95 bits per heavy atom. The van der Waals surface area contributed by atoms with Gasteiger partial charge in [-0.05, 0) is 30.0 Å². The Kier molecular flexibility index (Phi) is 6.88. The molecule has 5 nitrogen and oxygen atoms in total. The van der Waals surface area contributed by atoms with E-state index in [0.717, 1.165) is 5.56 Å². The number of amides is 1. The third-order valence-corrected chi connectivity index (χ3v) is 3.00. The second-order valence-electron chi connectivity index (χ2n) is 5.31. The van der Waals surface area contributed by atoms with Gasteiger partial charge in [0.05, 0.1) is 13.7 Å².